The third kappa shape index (κ3) is 5.59. The number of Topliss-reactive ketones (excluding diaryl/α,β-unsaturated/α-hetero) is 1. The van der Waals surface area contributed by atoms with E-state index in [1.807, 2.05) is 18.2 Å². The molecule has 0 aromatic heterocycles. The third-order valence-corrected chi connectivity index (χ3v) is 8.53. The van der Waals surface area contributed by atoms with Gasteiger partial charge in [0.05, 0.1) is 0 Å². The number of ether oxygens (including phenoxy) is 1. The lowest BCUT2D eigenvalue weighted by Crippen LogP contribution is -2.83. The maximum atomic E-state index is 13.6. The lowest BCUT2D eigenvalue weighted by molar-refractivity contribution is -0.390. The number of ketones is 1. The van der Waals surface area contributed by atoms with Crippen LogP contribution in [0.2, 0.25) is 0 Å². The minimum Gasteiger partial charge on any atom is -0.384 e. The van der Waals surface area contributed by atoms with Crippen molar-refractivity contribution in [1.29, 1.82) is 0 Å². The van der Waals surface area contributed by atoms with Gasteiger partial charge in [0.15, 0.2) is 11.4 Å². The highest BCUT2D eigenvalue weighted by atomic mass is 79.9. The number of carbonyl (C=O) groups is 1. The maximum Gasteiger partial charge on any atom is 0.203 e. The predicted molar refractivity (Wildman–Crippen MR) is 161 cm³/mol. The van der Waals surface area contributed by atoms with E-state index < -0.39 is 41.1 Å². The number of carbonyl (C=O) groups excluding carboxylic acids is 1. The summed E-state index contributed by atoms with van der Waals surface area (Å²) in [6.07, 6.45) is -5.93. The molecule has 1 aliphatic heterocycles. The van der Waals surface area contributed by atoms with Gasteiger partial charge in [0.2, 0.25) is 6.29 Å². The fraction of sp³-hybridized carbons (Fsp3) is 0.265. The van der Waals surface area contributed by atoms with Gasteiger partial charge in [-0.25, -0.2) is 0 Å². The van der Waals surface area contributed by atoms with Gasteiger partial charge in [0.25, 0.3) is 0 Å². The Morgan fingerprint density at radius 2 is 1.10 bits per heavy atom. The molecule has 4 aromatic rings. The van der Waals surface area contributed by atoms with Crippen LogP contribution in [0.15, 0.2) is 121 Å². The summed E-state index contributed by atoms with van der Waals surface area (Å²) < 4.78 is 11.6. The molecule has 0 saturated carbocycles. The van der Waals surface area contributed by atoms with Gasteiger partial charge in [0.1, 0.15) is 39.7 Å². The molecule has 218 valence electrons. The van der Waals surface area contributed by atoms with Crippen LogP contribution < -0.4 is 0 Å². The molecule has 0 bridgehead atoms. The summed E-state index contributed by atoms with van der Waals surface area (Å²) >= 11 is 2.96. The zero-order valence-electron chi connectivity index (χ0n) is 22.8. The minimum atomic E-state index is -2.42. The summed E-state index contributed by atoms with van der Waals surface area (Å²) in [6.45, 7) is 0. The van der Waals surface area contributed by atoms with Crippen LogP contribution in [0.5, 0.6) is 0 Å². The Bertz CT molecular complexity index is 1460. The summed E-state index contributed by atoms with van der Waals surface area (Å²) in [5, 5.41) is 50.0. The van der Waals surface area contributed by atoms with E-state index >= 15 is 0 Å². The molecule has 1 saturated heterocycles. The second kappa shape index (κ2) is 12.6. The molecule has 0 amide bonds. The van der Waals surface area contributed by atoms with Crippen molar-refractivity contribution in [2.24, 2.45) is 0 Å². The molecule has 5 rings (SSSR count). The molecule has 1 fully saturated rings. The van der Waals surface area contributed by atoms with Crippen LogP contribution in [-0.2, 0) is 27.8 Å². The molecular weight excluding hydrogens is 600 g/mol. The molecule has 4 aromatic carbocycles. The van der Waals surface area contributed by atoms with Crippen LogP contribution in [0, 0.1) is 0 Å². The summed E-state index contributed by atoms with van der Waals surface area (Å²) in [5.41, 5.74) is -5.06. The summed E-state index contributed by atoms with van der Waals surface area (Å²) in [4.78, 5) is 13.6. The van der Waals surface area contributed by atoms with Gasteiger partial charge in [-0.1, -0.05) is 121 Å². The van der Waals surface area contributed by atoms with Crippen molar-refractivity contribution in [3.05, 3.63) is 144 Å². The van der Waals surface area contributed by atoms with Gasteiger partial charge >= 0.3 is 0 Å². The van der Waals surface area contributed by atoms with E-state index in [1.54, 1.807) is 103 Å². The molecular formula is C34H33BrO7. The lowest BCUT2D eigenvalue weighted by atomic mass is 9.59. The van der Waals surface area contributed by atoms with Crippen molar-refractivity contribution in [3.63, 3.8) is 0 Å². The summed E-state index contributed by atoms with van der Waals surface area (Å²) in [5.74, 6) is -0.712. The van der Waals surface area contributed by atoms with Gasteiger partial charge in [0, 0.05) is 24.8 Å². The second-order valence-electron chi connectivity index (χ2n) is 10.8. The average Bonchev–Trinajstić information content (AvgIpc) is 3.02. The van der Waals surface area contributed by atoms with E-state index in [-0.39, 0.29) is 24.8 Å². The molecule has 0 spiro atoms. The van der Waals surface area contributed by atoms with E-state index in [4.69, 9.17) is 8.57 Å². The molecule has 1 aliphatic rings. The molecule has 42 heavy (non-hydrogen) atoms. The largest absolute Gasteiger partial charge is 0.384 e. The standard InChI is InChI=1S/C34H33BrO7/c35-42-31-33(39,22-25-15-7-2-8-16-25)34(40,23-26-17-9-3-10-18-26)32(38,21-24-13-5-1-6-14-24)30(41-31)29(37)28(36)27-19-11-4-12-20-27/h1-20,29-31,37-40H,21-23H2/t29?,30-,31-,32+,33+,34+/m1/s1. The van der Waals surface area contributed by atoms with Crippen molar-refractivity contribution in [3.8, 4) is 0 Å². The molecule has 0 aliphatic carbocycles. The Morgan fingerprint density at radius 3 is 1.55 bits per heavy atom. The smallest absolute Gasteiger partial charge is 0.203 e. The monoisotopic (exact) mass is 632 g/mol. The van der Waals surface area contributed by atoms with Crippen molar-refractivity contribution in [1.82, 2.24) is 0 Å². The number of halogens is 1. The zero-order valence-corrected chi connectivity index (χ0v) is 24.4. The maximum absolute atomic E-state index is 13.6. The van der Waals surface area contributed by atoms with Gasteiger partial charge in [-0.2, -0.15) is 0 Å². The first-order valence-electron chi connectivity index (χ1n) is 13.7. The van der Waals surface area contributed by atoms with E-state index in [9.17, 15) is 25.2 Å². The van der Waals surface area contributed by atoms with Gasteiger partial charge in [-0.05, 0) is 16.7 Å². The van der Waals surface area contributed by atoms with Crippen LogP contribution >= 0.6 is 16.3 Å². The quantitative estimate of drug-likeness (QED) is 0.194. The molecule has 0 radical (unpaired) electrons. The zero-order chi connectivity index (χ0) is 29.8. The Labute approximate surface area is 253 Å². The van der Waals surface area contributed by atoms with Crippen molar-refractivity contribution >= 4 is 22.0 Å². The molecule has 8 heteroatoms. The average molecular weight is 634 g/mol. The number of aliphatic hydroxyl groups excluding tert-OH is 1. The highest BCUT2D eigenvalue weighted by molar-refractivity contribution is 9.06. The molecule has 1 heterocycles. The number of rotatable bonds is 10. The number of benzene rings is 4. The van der Waals surface area contributed by atoms with Crippen LogP contribution in [0.3, 0.4) is 0 Å². The Morgan fingerprint density at radius 1 is 0.690 bits per heavy atom. The van der Waals surface area contributed by atoms with Gasteiger partial charge in [-0.15, -0.1) is 0 Å². The van der Waals surface area contributed by atoms with E-state index in [2.05, 4.69) is 16.3 Å². The SMILES string of the molecule is O=C(c1ccccc1)C(O)[C@H]1O[C@H](OBr)[C@@](O)(Cc2ccccc2)[C@](O)(Cc2ccccc2)[C@]1(O)Cc1ccccc1. The first-order chi connectivity index (χ1) is 20.2. The van der Waals surface area contributed by atoms with Crippen molar-refractivity contribution < 1.29 is 33.8 Å². The van der Waals surface area contributed by atoms with Crippen LogP contribution in [-0.4, -0.2) is 61.5 Å². The minimum absolute atomic E-state index is 0.181. The predicted octanol–water partition coefficient (Wildman–Crippen LogP) is 4.20. The van der Waals surface area contributed by atoms with Crippen molar-refractivity contribution in [2.45, 2.75) is 54.6 Å². The highest BCUT2D eigenvalue weighted by Gasteiger charge is 2.73. The highest BCUT2D eigenvalue weighted by Crippen LogP contribution is 2.51. The topological polar surface area (TPSA) is 116 Å². The molecule has 6 atom stereocenters. The van der Waals surface area contributed by atoms with Gasteiger partial charge < -0.3 is 25.2 Å². The number of hydrogen-bond donors (Lipinski definition) is 4. The summed E-state index contributed by atoms with van der Waals surface area (Å²) in [6, 6.07) is 34.9. The van der Waals surface area contributed by atoms with E-state index in [0.29, 0.717) is 16.7 Å². The summed E-state index contributed by atoms with van der Waals surface area (Å²) in [7, 11) is 0. The molecule has 7 nitrogen and oxygen atoms in total. The normalized spacial score (nSPS) is 28.2. The van der Waals surface area contributed by atoms with Crippen molar-refractivity contribution in [2.75, 3.05) is 0 Å². The number of aliphatic hydroxyl groups is 4. The fourth-order valence-corrected chi connectivity index (χ4v) is 6.39. The Kier molecular flexibility index (Phi) is 9.05. The molecule has 4 N–H and O–H groups in total. The van der Waals surface area contributed by atoms with E-state index in [0.717, 1.165) is 0 Å². The Balaban J connectivity index is 1.71. The van der Waals surface area contributed by atoms with Crippen LogP contribution in [0.25, 0.3) is 0 Å². The lowest BCUT2D eigenvalue weighted by Gasteiger charge is -2.61. The number of hydrogen-bond acceptors (Lipinski definition) is 7. The van der Waals surface area contributed by atoms with Crippen LogP contribution in [0.4, 0.5) is 0 Å². The third-order valence-electron chi connectivity index (χ3n) is 8.19. The molecule has 1 unspecified atom stereocenters. The Hall–Kier alpha value is -3.21. The second-order valence-corrected chi connectivity index (χ2v) is 11.2. The van der Waals surface area contributed by atoms with Crippen LogP contribution in [0.1, 0.15) is 27.0 Å². The fourth-order valence-electron chi connectivity index (χ4n) is 5.99. The first-order valence-corrected chi connectivity index (χ1v) is 14.4. The van der Waals surface area contributed by atoms with E-state index in [1.165, 1.54) is 0 Å². The first kappa shape index (κ1) is 30.3. The van der Waals surface area contributed by atoms with Gasteiger partial charge in [-0.3, -0.25) is 8.62 Å².